The highest BCUT2D eigenvalue weighted by atomic mass is 35.5. The number of amides is 1. The number of benzene rings is 1. The van der Waals surface area contributed by atoms with Crippen molar-refractivity contribution in [1.29, 1.82) is 0 Å². The molecule has 1 aromatic carbocycles. The number of carbonyl (C=O) groups is 1. The Hall–Kier alpha value is -1.35. The van der Waals surface area contributed by atoms with Crippen LogP contribution in [0.5, 0.6) is 0 Å². The fourth-order valence-electron chi connectivity index (χ4n) is 1.87. The van der Waals surface area contributed by atoms with Crippen molar-refractivity contribution in [3.05, 3.63) is 40.9 Å². The lowest BCUT2D eigenvalue weighted by molar-refractivity contribution is -0.137. The van der Waals surface area contributed by atoms with Gasteiger partial charge in [-0.05, 0) is 19.1 Å². The number of thiazole rings is 1. The number of hydrogen-bond donors (Lipinski definition) is 1. The van der Waals surface area contributed by atoms with Crippen LogP contribution in [0.25, 0.3) is 10.6 Å². The van der Waals surface area contributed by atoms with Gasteiger partial charge in [-0.1, -0.05) is 12.1 Å². The number of nitrogens with two attached hydrogens (primary N) is 1. The second kappa shape index (κ2) is 9.38. The van der Waals surface area contributed by atoms with Crippen LogP contribution in [0.1, 0.15) is 23.0 Å². The largest absolute Gasteiger partial charge is 0.416 e. The van der Waals surface area contributed by atoms with Crippen LogP contribution in [0.2, 0.25) is 0 Å². The zero-order valence-corrected chi connectivity index (χ0v) is 15.9. The lowest BCUT2D eigenvalue weighted by Crippen LogP contribution is -2.39. The molecule has 2 aromatic rings. The molecule has 0 aliphatic carbocycles. The fourth-order valence-corrected chi connectivity index (χ4v) is 2.66. The first-order valence-electron chi connectivity index (χ1n) is 6.84. The zero-order valence-electron chi connectivity index (χ0n) is 13.4. The summed E-state index contributed by atoms with van der Waals surface area (Å²) >= 11 is 1.13. The van der Waals surface area contributed by atoms with Crippen LogP contribution in [0, 0.1) is 0 Å². The highest BCUT2D eigenvalue weighted by Crippen LogP contribution is 2.33. The average Bonchev–Trinajstić information content (AvgIpc) is 3.02. The number of rotatable bonds is 4. The summed E-state index contributed by atoms with van der Waals surface area (Å²) < 4.78 is 38.3. The Balaban J connectivity index is 0.00000288. The fraction of sp³-hybridized carbons (Fsp3) is 0.333. The topological polar surface area (TPSA) is 59.2 Å². The van der Waals surface area contributed by atoms with Gasteiger partial charge in [0, 0.05) is 30.6 Å². The summed E-state index contributed by atoms with van der Waals surface area (Å²) in [7, 11) is 1.61. The van der Waals surface area contributed by atoms with Gasteiger partial charge in [0.2, 0.25) is 0 Å². The minimum atomic E-state index is -4.41. The van der Waals surface area contributed by atoms with Crippen LogP contribution in [-0.2, 0) is 6.18 Å². The van der Waals surface area contributed by atoms with E-state index in [1.165, 1.54) is 22.4 Å². The first kappa shape index (κ1) is 23.6. The van der Waals surface area contributed by atoms with Crippen molar-refractivity contribution in [3.63, 3.8) is 0 Å². The van der Waals surface area contributed by atoms with Gasteiger partial charge in [0.05, 0.1) is 5.56 Å². The predicted octanol–water partition coefficient (Wildman–Crippen LogP) is 4.09. The van der Waals surface area contributed by atoms with Gasteiger partial charge in [0.15, 0.2) is 0 Å². The lowest BCUT2D eigenvalue weighted by atomic mass is 10.1. The molecule has 1 heterocycles. The maximum Gasteiger partial charge on any atom is 0.416 e. The van der Waals surface area contributed by atoms with E-state index in [0.717, 1.165) is 23.5 Å². The van der Waals surface area contributed by atoms with Gasteiger partial charge in [0.25, 0.3) is 5.91 Å². The van der Waals surface area contributed by atoms with Crippen LogP contribution in [0.15, 0.2) is 29.6 Å². The summed E-state index contributed by atoms with van der Waals surface area (Å²) in [6.45, 7) is 2.12. The van der Waals surface area contributed by atoms with Crippen LogP contribution in [-0.4, -0.2) is 35.4 Å². The number of likely N-dealkylation sites (N-methyl/N-ethyl adjacent to an activating group) is 1. The first-order valence-corrected chi connectivity index (χ1v) is 7.72. The third kappa shape index (κ3) is 5.57. The Labute approximate surface area is 160 Å². The van der Waals surface area contributed by atoms with E-state index in [1.54, 1.807) is 14.0 Å². The molecule has 0 fully saturated rings. The van der Waals surface area contributed by atoms with E-state index < -0.39 is 11.7 Å². The smallest absolute Gasteiger partial charge is 0.336 e. The summed E-state index contributed by atoms with van der Waals surface area (Å²) in [6, 6.07) is 4.73. The van der Waals surface area contributed by atoms with Gasteiger partial charge in [-0.2, -0.15) is 13.2 Å². The van der Waals surface area contributed by atoms with Crippen molar-refractivity contribution >= 4 is 42.1 Å². The Morgan fingerprint density at radius 1 is 1.36 bits per heavy atom. The van der Waals surface area contributed by atoms with E-state index in [9.17, 15) is 18.0 Å². The summed E-state index contributed by atoms with van der Waals surface area (Å²) in [5, 5.41) is 1.91. The van der Waals surface area contributed by atoms with Gasteiger partial charge in [-0.3, -0.25) is 4.79 Å². The number of halogens is 5. The molecule has 10 heteroatoms. The van der Waals surface area contributed by atoms with Crippen molar-refractivity contribution in [2.24, 2.45) is 5.73 Å². The lowest BCUT2D eigenvalue weighted by Gasteiger charge is -2.22. The molecular formula is C15H18Cl2F3N3OS. The molecule has 1 aromatic heterocycles. The second-order valence-corrected chi connectivity index (χ2v) is 5.98. The highest BCUT2D eigenvalue weighted by Gasteiger charge is 2.30. The van der Waals surface area contributed by atoms with Crippen molar-refractivity contribution < 1.29 is 18.0 Å². The van der Waals surface area contributed by atoms with E-state index in [4.69, 9.17) is 5.73 Å². The third-order valence-electron chi connectivity index (χ3n) is 3.48. The maximum absolute atomic E-state index is 12.8. The van der Waals surface area contributed by atoms with Crippen molar-refractivity contribution in [1.82, 2.24) is 9.88 Å². The number of hydrogen-bond acceptors (Lipinski definition) is 4. The molecule has 25 heavy (non-hydrogen) atoms. The quantitative estimate of drug-likeness (QED) is 0.817. The van der Waals surface area contributed by atoms with Gasteiger partial charge in [-0.15, -0.1) is 36.2 Å². The molecule has 1 atom stereocenters. The Morgan fingerprint density at radius 2 is 2.00 bits per heavy atom. The molecule has 0 saturated carbocycles. The molecule has 0 aliphatic rings. The SMILES string of the molecule is CC(CN)N(C)C(=O)c1csc(-c2cccc(C(F)(F)F)c2)n1.Cl.Cl. The molecule has 140 valence electrons. The number of aromatic nitrogens is 1. The second-order valence-electron chi connectivity index (χ2n) is 5.12. The molecule has 0 radical (unpaired) electrons. The first-order chi connectivity index (χ1) is 10.7. The van der Waals surface area contributed by atoms with Crippen molar-refractivity contribution in [2.45, 2.75) is 19.1 Å². The molecule has 2 rings (SSSR count). The van der Waals surface area contributed by atoms with E-state index >= 15 is 0 Å². The molecule has 2 N–H and O–H groups in total. The monoisotopic (exact) mass is 415 g/mol. The standard InChI is InChI=1S/C15H16F3N3OS.2ClH/c1-9(7-19)21(2)14(22)12-8-23-13(20-12)10-4-3-5-11(6-10)15(16,17)18;;/h3-6,8-9H,7,19H2,1-2H3;2*1H. The zero-order chi connectivity index (χ0) is 17.2. The molecule has 0 aliphatic heterocycles. The molecule has 1 amide bonds. The molecule has 0 spiro atoms. The number of nitrogens with zero attached hydrogens (tertiary/aromatic N) is 2. The molecule has 0 bridgehead atoms. The number of carbonyl (C=O) groups excluding carboxylic acids is 1. The van der Waals surface area contributed by atoms with Gasteiger partial charge in [-0.25, -0.2) is 4.98 Å². The van der Waals surface area contributed by atoms with Crippen molar-refractivity contribution in [2.75, 3.05) is 13.6 Å². The summed E-state index contributed by atoms with van der Waals surface area (Å²) in [6.07, 6.45) is -4.41. The normalized spacial score (nSPS) is 11.9. The molecule has 4 nitrogen and oxygen atoms in total. The summed E-state index contributed by atoms with van der Waals surface area (Å²) in [5.41, 5.74) is 5.31. The Kier molecular flexibility index (Phi) is 8.87. The van der Waals surface area contributed by atoms with E-state index in [1.807, 2.05) is 0 Å². The summed E-state index contributed by atoms with van der Waals surface area (Å²) in [5.74, 6) is -0.308. The average molecular weight is 416 g/mol. The van der Waals surface area contributed by atoms with Crippen LogP contribution >= 0.6 is 36.2 Å². The molecule has 0 saturated heterocycles. The van der Waals surface area contributed by atoms with Gasteiger partial charge in [0.1, 0.15) is 10.7 Å². The Morgan fingerprint density at radius 3 is 2.56 bits per heavy atom. The molecular weight excluding hydrogens is 398 g/mol. The highest BCUT2D eigenvalue weighted by molar-refractivity contribution is 7.13. The maximum atomic E-state index is 12.8. The van der Waals surface area contributed by atoms with E-state index in [-0.39, 0.29) is 42.5 Å². The minimum absolute atomic E-state index is 0. The Bertz CT molecular complexity index is 709. The van der Waals surface area contributed by atoms with Crippen molar-refractivity contribution in [3.8, 4) is 10.6 Å². The minimum Gasteiger partial charge on any atom is -0.336 e. The van der Waals surface area contributed by atoms with E-state index in [2.05, 4.69) is 4.98 Å². The number of alkyl halides is 3. The van der Waals surface area contributed by atoms with Crippen LogP contribution in [0.4, 0.5) is 13.2 Å². The van der Waals surface area contributed by atoms with Crippen LogP contribution < -0.4 is 5.73 Å². The van der Waals surface area contributed by atoms with Crippen LogP contribution in [0.3, 0.4) is 0 Å². The third-order valence-corrected chi connectivity index (χ3v) is 4.37. The molecule has 1 unspecified atom stereocenters. The predicted molar refractivity (Wildman–Crippen MR) is 97.7 cm³/mol. The van der Waals surface area contributed by atoms with Gasteiger partial charge < -0.3 is 10.6 Å². The summed E-state index contributed by atoms with van der Waals surface area (Å²) in [4.78, 5) is 17.9. The van der Waals surface area contributed by atoms with E-state index in [0.29, 0.717) is 17.1 Å². The van der Waals surface area contributed by atoms with Gasteiger partial charge >= 0.3 is 6.18 Å².